The smallest absolute Gasteiger partial charge is 0.0446 e. The minimum atomic E-state index is 0.384. The summed E-state index contributed by atoms with van der Waals surface area (Å²) in [4.78, 5) is 2.60. The van der Waals surface area contributed by atoms with Crippen LogP contribution in [0.2, 0.25) is 0 Å². The first kappa shape index (κ1) is 12.2. The van der Waals surface area contributed by atoms with Gasteiger partial charge >= 0.3 is 0 Å². The lowest BCUT2D eigenvalue weighted by atomic mass is 9.93. The second-order valence-corrected chi connectivity index (χ2v) is 6.33. The molecular weight excluding hydrogens is 244 g/mol. The maximum atomic E-state index is 3.80. The summed E-state index contributed by atoms with van der Waals surface area (Å²) in [5.74, 6) is 0. The SMILES string of the molecule is c1ccc2c(N3CCNC4(CCCC4)C3)cccc2c1. The van der Waals surface area contributed by atoms with Crippen LogP contribution in [-0.2, 0) is 0 Å². The number of nitrogens with zero attached hydrogens (tertiary/aromatic N) is 1. The molecule has 0 unspecified atom stereocenters. The summed E-state index contributed by atoms with van der Waals surface area (Å²) in [5.41, 5.74) is 1.80. The van der Waals surface area contributed by atoms with Crippen molar-refractivity contribution in [1.29, 1.82) is 0 Å². The van der Waals surface area contributed by atoms with E-state index in [0.29, 0.717) is 5.54 Å². The van der Waals surface area contributed by atoms with Gasteiger partial charge in [0.05, 0.1) is 0 Å². The highest BCUT2D eigenvalue weighted by atomic mass is 15.2. The third-order valence-electron chi connectivity index (χ3n) is 5.04. The van der Waals surface area contributed by atoms with Gasteiger partial charge in [0.2, 0.25) is 0 Å². The van der Waals surface area contributed by atoms with Gasteiger partial charge in [0.15, 0.2) is 0 Å². The number of fused-ring (bicyclic) bond motifs is 1. The zero-order valence-corrected chi connectivity index (χ0v) is 11.9. The highest BCUT2D eigenvalue weighted by Gasteiger charge is 2.37. The minimum absolute atomic E-state index is 0.384. The number of rotatable bonds is 1. The van der Waals surface area contributed by atoms with E-state index in [9.17, 15) is 0 Å². The van der Waals surface area contributed by atoms with Crippen molar-refractivity contribution in [2.75, 3.05) is 24.5 Å². The van der Waals surface area contributed by atoms with E-state index in [2.05, 4.69) is 52.7 Å². The van der Waals surface area contributed by atoms with Gasteiger partial charge < -0.3 is 10.2 Å². The summed E-state index contributed by atoms with van der Waals surface area (Å²) in [6, 6.07) is 15.5. The van der Waals surface area contributed by atoms with Crippen molar-refractivity contribution >= 4 is 16.5 Å². The molecule has 0 bridgehead atoms. The highest BCUT2D eigenvalue weighted by molar-refractivity contribution is 5.94. The molecule has 0 amide bonds. The van der Waals surface area contributed by atoms with E-state index in [1.165, 1.54) is 48.7 Å². The summed E-state index contributed by atoms with van der Waals surface area (Å²) >= 11 is 0. The number of nitrogens with one attached hydrogen (secondary N) is 1. The Morgan fingerprint density at radius 3 is 2.65 bits per heavy atom. The number of anilines is 1. The monoisotopic (exact) mass is 266 g/mol. The van der Waals surface area contributed by atoms with Crippen LogP contribution in [0.1, 0.15) is 25.7 Å². The predicted octanol–water partition coefficient (Wildman–Crippen LogP) is 3.56. The fraction of sp³-hybridized carbons (Fsp3) is 0.444. The van der Waals surface area contributed by atoms with Crippen molar-refractivity contribution in [1.82, 2.24) is 5.32 Å². The Hall–Kier alpha value is -1.54. The Morgan fingerprint density at radius 1 is 0.950 bits per heavy atom. The molecule has 104 valence electrons. The molecule has 1 aliphatic heterocycles. The van der Waals surface area contributed by atoms with Crippen molar-refractivity contribution in [2.24, 2.45) is 0 Å². The number of piperazine rings is 1. The third kappa shape index (κ3) is 1.99. The summed E-state index contributed by atoms with van der Waals surface area (Å²) in [6.45, 7) is 3.40. The molecular formula is C18H22N2. The zero-order chi connectivity index (χ0) is 13.4. The lowest BCUT2D eigenvalue weighted by Crippen LogP contribution is -2.59. The molecule has 0 aromatic heterocycles. The van der Waals surface area contributed by atoms with Gasteiger partial charge in [-0.15, -0.1) is 0 Å². The van der Waals surface area contributed by atoms with E-state index in [1.54, 1.807) is 0 Å². The molecule has 2 aromatic carbocycles. The van der Waals surface area contributed by atoms with Gasteiger partial charge in [0.1, 0.15) is 0 Å². The van der Waals surface area contributed by atoms with Gasteiger partial charge in [-0.3, -0.25) is 0 Å². The number of hydrogen-bond donors (Lipinski definition) is 1. The molecule has 4 rings (SSSR count). The Morgan fingerprint density at radius 2 is 1.75 bits per heavy atom. The van der Waals surface area contributed by atoms with Gasteiger partial charge in [-0.25, -0.2) is 0 Å². The van der Waals surface area contributed by atoms with Gasteiger partial charge in [-0.1, -0.05) is 49.2 Å². The summed E-state index contributed by atoms with van der Waals surface area (Å²) in [5, 5.41) is 6.55. The summed E-state index contributed by atoms with van der Waals surface area (Å²) in [7, 11) is 0. The molecule has 0 radical (unpaired) electrons. The fourth-order valence-electron chi connectivity index (χ4n) is 4.03. The lowest BCUT2D eigenvalue weighted by molar-refractivity contribution is 0.304. The molecule has 1 saturated carbocycles. The molecule has 2 heteroatoms. The molecule has 2 fully saturated rings. The van der Waals surface area contributed by atoms with Crippen LogP contribution in [0.5, 0.6) is 0 Å². The lowest BCUT2D eigenvalue weighted by Gasteiger charge is -2.43. The van der Waals surface area contributed by atoms with Crippen LogP contribution in [0.15, 0.2) is 42.5 Å². The second kappa shape index (κ2) is 4.78. The molecule has 1 aliphatic carbocycles. The minimum Gasteiger partial charge on any atom is -0.368 e. The van der Waals surface area contributed by atoms with Gasteiger partial charge in [-0.05, 0) is 24.3 Å². The Kier molecular flexibility index (Phi) is 2.92. The van der Waals surface area contributed by atoms with E-state index >= 15 is 0 Å². The van der Waals surface area contributed by atoms with Crippen molar-refractivity contribution in [3.63, 3.8) is 0 Å². The van der Waals surface area contributed by atoms with Crippen molar-refractivity contribution in [3.05, 3.63) is 42.5 Å². The molecule has 1 saturated heterocycles. The standard InChI is InChI=1S/C18H22N2/c1-2-8-16-15(6-1)7-5-9-17(16)20-13-12-19-18(14-20)10-3-4-11-18/h1-2,5-9,19H,3-4,10-14H2. The Labute approximate surface area is 120 Å². The molecule has 2 aromatic rings. The van der Waals surface area contributed by atoms with Crippen LogP contribution in [0.3, 0.4) is 0 Å². The van der Waals surface area contributed by atoms with Crippen LogP contribution in [-0.4, -0.2) is 25.2 Å². The van der Waals surface area contributed by atoms with Gasteiger partial charge in [-0.2, -0.15) is 0 Å². The predicted molar refractivity (Wildman–Crippen MR) is 85.4 cm³/mol. The zero-order valence-electron chi connectivity index (χ0n) is 11.9. The average molecular weight is 266 g/mol. The number of benzene rings is 2. The maximum Gasteiger partial charge on any atom is 0.0446 e. The van der Waals surface area contributed by atoms with Gasteiger partial charge in [0, 0.05) is 36.2 Å². The molecule has 1 heterocycles. The molecule has 20 heavy (non-hydrogen) atoms. The van der Waals surface area contributed by atoms with Crippen molar-refractivity contribution in [3.8, 4) is 0 Å². The van der Waals surface area contributed by atoms with E-state index in [4.69, 9.17) is 0 Å². The van der Waals surface area contributed by atoms with Crippen LogP contribution in [0, 0.1) is 0 Å². The molecule has 2 nitrogen and oxygen atoms in total. The topological polar surface area (TPSA) is 15.3 Å². The van der Waals surface area contributed by atoms with Crippen LogP contribution in [0.4, 0.5) is 5.69 Å². The first-order valence-corrected chi connectivity index (χ1v) is 7.84. The fourth-order valence-corrected chi connectivity index (χ4v) is 4.03. The first-order chi connectivity index (χ1) is 9.86. The van der Waals surface area contributed by atoms with E-state index in [0.717, 1.165) is 13.1 Å². The second-order valence-electron chi connectivity index (χ2n) is 6.33. The number of hydrogen-bond acceptors (Lipinski definition) is 2. The summed E-state index contributed by atoms with van der Waals surface area (Å²) < 4.78 is 0. The van der Waals surface area contributed by atoms with Gasteiger partial charge in [0.25, 0.3) is 0 Å². The summed E-state index contributed by atoms with van der Waals surface area (Å²) in [6.07, 6.45) is 5.45. The van der Waals surface area contributed by atoms with E-state index in [1.807, 2.05) is 0 Å². The van der Waals surface area contributed by atoms with Crippen molar-refractivity contribution in [2.45, 2.75) is 31.2 Å². The Bertz CT molecular complexity index is 608. The quantitative estimate of drug-likeness (QED) is 0.849. The molecule has 0 atom stereocenters. The molecule has 2 aliphatic rings. The van der Waals surface area contributed by atoms with Crippen molar-refractivity contribution < 1.29 is 0 Å². The normalized spacial score (nSPS) is 21.7. The Balaban J connectivity index is 1.72. The van der Waals surface area contributed by atoms with Crippen LogP contribution < -0.4 is 10.2 Å². The van der Waals surface area contributed by atoms with E-state index in [-0.39, 0.29) is 0 Å². The van der Waals surface area contributed by atoms with E-state index < -0.39 is 0 Å². The molecule has 1 N–H and O–H groups in total. The molecule has 1 spiro atoms. The first-order valence-electron chi connectivity index (χ1n) is 7.84. The van der Waals surface area contributed by atoms with Crippen LogP contribution >= 0.6 is 0 Å². The maximum absolute atomic E-state index is 3.80. The van der Waals surface area contributed by atoms with Crippen LogP contribution in [0.25, 0.3) is 10.8 Å². The highest BCUT2D eigenvalue weighted by Crippen LogP contribution is 2.35. The third-order valence-corrected chi connectivity index (χ3v) is 5.04. The largest absolute Gasteiger partial charge is 0.368 e. The average Bonchev–Trinajstić information content (AvgIpc) is 2.94.